The average Bonchev–Trinajstić information content (AvgIpc) is 2.92. The second-order valence-corrected chi connectivity index (χ2v) is 9.50. The van der Waals surface area contributed by atoms with E-state index < -0.39 is 6.10 Å². The number of rotatable bonds is 5. The zero-order valence-electron chi connectivity index (χ0n) is 20.1. The number of piperazine rings is 1. The molecule has 2 aromatic rings. The largest absolute Gasteiger partial charge is 0.477 e. The van der Waals surface area contributed by atoms with E-state index in [9.17, 15) is 14.0 Å². The second-order valence-electron chi connectivity index (χ2n) is 9.50. The fraction of sp³-hybridized carbons (Fsp3) is 0.481. The standard InChI is InChI=1S/C27H33FN4O3/c28-21-8-10-22(11-9-21)29-16-18-30(19-17-29)26(33)12-15-32-20-25(27(34)31-13-4-1-5-14-31)35-24-7-3-2-6-23(24)32/h2-3,6-11,25H,1,4-5,12-20H2. The van der Waals surface area contributed by atoms with Crippen LogP contribution in [0, 0.1) is 5.82 Å². The molecule has 0 radical (unpaired) electrons. The van der Waals surface area contributed by atoms with Crippen molar-refractivity contribution in [3.05, 3.63) is 54.3 Å². The molecule has 2 fully saturated rings. The number of nitrogens with zero attached hydrogens (tertiary/aromatic N) is 4. The highest BCUT2D eigenvalue weighted by atomic mass is 19.1. The lowest BCUT2D eigenvalue weighted by atomic mass is 10.1. The number of anilines is 2. The number of carbonyl (C=O) groups is 2. The first-order chi connectivity index (χ1) is 17.1. The molecule has 2 saturated heterocycles. The van der Waals surface area contributed by atoms with E-state index in [-0.39, 0.29) is 17.6 Å². The van der Waals surface area contributed by atoms with E-state index in [0.717, 1.165) is 50.4 Å². The molecular weight excluding hydrogens is 447 g/mol. The first kappa shape index (κ1) is 23.5. The highest BCUT2D eigenvalue weighted by molar-refractivity contribution is 5.84. The molecule has 3 heterocycles. The molecule has 1 unspecified atom stereocenters. The van der Waals surface area contributed by atoms with Crippen molar-refractivity contribution in [1.29, 1.82) is 0 Å². The number of fused-ring (bicyclic) bond motifs is 1. The Bertz CT molecular complexity index is 1030. The highest BCUT2D eigenvalue weighted by Crippen LogP contribution is 2.34. The summed E-state index contributed by atoms with van der Waals surface area (Å²) in [7, 11) is 0. The van der Waals surface area contributed by atoms with Gasteiger partial charge in [-0.2, -0.15) is 0 Å². The number of likely N-dealkylation sites (tertiary alicyclic amines) is 1. The third kappa shape index (κ3) is 5.36. The van der Waals surface area contributed by atoms with Gasteiger partial charge < -0.3 is 24.3 Å². The number of piperidine rings is 1. The van der Waals surface area contributed by atoms with Gasteiger partial charge in [0.2, 0.25) is 5.91 Å². The number of halogens is 1. The maximum Gasteiger partial charge on any atom is 0.265 e. The van der Waals surface area contributed by atoms with E-state index in [0.29, 0.717) is 38.3 Å². The predicted molar refractivity (Wildman–Crippen MR) is 133 cm³/mol. The summed E-state index contributed by atoms with van der Waals surface area (Å²) in [5.41, 5.74) is 1.91. The van der Waals surface area contributed by atoms with Crippen LogP contribution < -0.4 is 14.5 Å². The molecule has 8 heteroatoms. The van der Waals surface area contributed by atoms with Crippen LogP contribution in [0.3, 0.4) is 0 Å². The van der Waals surface area contributed by atoms with Crippen LogP contribution in [0.4, 0.5) is 15.8 Å². The van der Waals surface area contributed by atoms with Gasteiger partial charge in [-0.15, -0.1) is 0 Å². The molecule has 2 aromatic carbocycles. The van der Waals surface area contributed by atoms with Gasteiger partial charge in [0.15, 0.2) is 6.10 Å². The van der Waals surface area contributed by atoms with Gasteiger partial charge in [0.1, 0.15) is 11.6 Å². The number of benzene rings is 2. The van der Waals surface area contributed by atoms with Gasteiger partial charge in [0, 0.05) is 57.9 Å². The van der Waals surface area contributed by atoms with Gasteiger partial charge in [0.25, 0.3) is 5.91 Å². The normalized spacial score (nSPS) is 20.3. The Balaban J connectivity index is 1.18. The summed E-state index contributed by atoms with van der Waals surface area (Å²) >= 11 is 0. The summed E-state index contributed by atoms with van der Waals surface area (Å²) in [6.07, 6.45) is 3.10. The zero-order chi connectivity index (χ0) is 24.2. The van der Waals surface area contributed by atoms with Gasteiger partial charge >= 0.3 is 0 Å². The van der Waals surface area contributed by atoms with Crippen LogP contribution in [0.2, 0.25) is 0 Å². The number of ether oxygens (including phenoxy) is 1. The Morgan fingerprint density at radius 1 is 0.857 bits per heavy atom. The third-order valence-corrected chi connectivity index (χ3v) is 7.22. The van der Waals surface area contributed by atoms with E-state index in [1.54, 1.807) is 12.1 Å². The molecule has 3 aliphatic rings. The summed E-state index contributed by atoms with van der Waals surface area (Å²) in [5, 5.41) is 0. The minimum Gasteiger partial charge on any atom is -0.477 e. The number of carbonyl (C=O) groups excluding carboxylic acids is 2. The Morgan fingerprint density at radius 3 is 2.31 bits per heavy atom. The Hall–Kier alpha value is -3.29. The molecule has 0 N–H and O–H groups in total. The topological polar surface area (TPSA) is 56.3 Å². The number of amides is 2. The Labute approximate surface area is 206 Å². The van der Waals surface area contributed by atoms with Crippen molar-refractivity contribution in [2.45, 2.75) is 31.8 Å². The smallest absolute Gasteiger partial charge is 0.265 e. The molecule has 0 aliphatic carbocycles. The maximum atomic E-state index is 13.2. The van der Waals surface area contributed by atoms with Crippen LogP contribution >= 0.6 is 0 Å². The van der Waals surface area contributed by atoms with Crippen molar-refractivity contribution in [1.82, 2.24) is 9.80 Å². The fourth-order valence-electron chi connectivity index (χ4n) is 5.22. The van der Waals surface area contributed by atoms with Crippen molar-refractivity contribution in [2.75, 3.05) is 62.2 Å². The summed E-state index contributed by atoms with van der Waals surface area (Å²) in [4.78, 5) is 34.3. The van der Waals surface area contributed by atoms with Crippen LogP contribution in [0.5, 0.6) is 5.75 Å². The lowest BCUT2D eigenvalue weighted by Gasteiger charge is -2.39. The van der Waals surface area contributed by atoms with Crippen LogP contribution in [-0.2, 0) is 9.59 Å². The monoisotopic (exact) mass is 480 g/mol. The minimum atomic E-state index is -0.544. The predicted octanol–water partition coefficient (Wildman–Crippen LogP) is 3.14. The lowest BCUT2D eigenvalue weighted by Crippen LogP contribution is -2.52. The SMILES string of the molecule is O=C(CCN1CC(C(=O)N2CCCCC2)Oc2ccccc21)N1CCN(c2ccc(F)cc2)CC1. The van der Waals surface area contributed by atoms with E-state index in [1.165, 1.54) is 18.6 Å². The molecule has 0 aromatic heterocycles. The van der Waals surface area contributed by atoms with Crippen LogP contribution in [-0.4, -0.2) is 80.1 Å². The number of hydrogen-bond donors (Lipinski definition) is 0. The van der Waals surface area contributed by atoms with Crippen molar-refractivity contribution in [2.24, 2.45) is 0 Å². The van der Waals surface area contributed by atoms with Crippen molar-refractivity contribution in [3.8, 4) is 5.75 Å². The molecule has 186 valence electrons. The molecule has 7 nitrogen and oxygen atoms in total. The van der Waals surface area contributed by atoms with Gasteiger partial charge in [0.05, 0.1) is 12.2 Å². The number of para-hydroxylation sites is 2. The summed E-state index contributed by atoms with van der Waals surface area (Å²) in [5.74, 6) is 0.626. The first-order valence-electron chi connectivity index (χ1n) is 12.7. The van der Waals surface area contributed by atoms with Gasteiger partial charge in [-0.1, -0.05) is 12.1 Å². The number of hydrogen-bond acceptors (Lipinski definition) is 5. The third-order valence-electron chi connectivity index (χ3n) is 7.22. The van der Waals surface area contributed by atoms with Crippen molar-refractivity contribution in [3.63, 3.8) is 0 Å². The summed E-state index contributed by atoms with van der Waals surface area (Å²) in [6.45, 7) is 5.33. The Morgan fingerprint density at radius 2 is 1.57 bits per heavy atom. The van der Waals surface area contributed by atoms with Gasteiger partial charge in [-0.3, -0.25) is 9.59 Å². The molecule has 0 spiro atoms. The molecular formula is C27H33FN4O3. The molecule has 0 saturated carbocycles. The van der Waals surface area contributed by atoms with Gasteiger partial charge in [-0.05, 0) is 55.7 Å². The van der Waals surface area contributed by atoms with E-state index in [2.05, 4.69) is 9.80 Å². The Kier molecular flexibility index (Phi) is 7.06. The zero-order valence-corrected chi connectivity index (χ0v) is 20.1. The molecule has 5 rings (SSSR count). The van der Waals surface area contributed by atoms with Crippen LogP contribution in [0.1, 0.15) is 25.7 Å². The summed E-state index contributed by atoms with van der Waals surface area (Å²) < 4.78 is 19.3. The maximum absolute atomic E-state index is 13.2. The first-order valence-corrected chi connectivity index (χ1v) is 12.7. The molecule has 35 heavy (non-hydrogen) atoms. The van der Waals surface area contributed by atoms with Crippen LogP contribution in [0.25, 0.3) is 0 Å². The average molecular weight is 481 g/mol. The van der Waals surface area contributed by atoms with Crippen molar-refractivity contribution < 1.29 is 18.7 Å². The fourth-order valence-corrected chi connectivity index (χ4v) is 5.22. The van der Waals surface area contributed by atoms with Crippen molar-refractivity contribution >= 4 is 23.2 Å². The van der Waals surface area contributed by atoms with E-state index in [4.69, 9.17) is 4.74 Å². The molecule has 0 bridgehead atoms. The molecule has 2 amide bonds. The second kappa shape index (κ2) is 10.5. The molecule has 1 atom stereocenters. The minimum absolute atomic E-state index is 0.0486. The van der Waals surface area contributed by atoms with E-state index in [1.807, 2.05) is 34.1 Å². The quantitative estimate of drug-likeness (QED) is 0.658. The van der Waals surface area contributed by atoms with Gasteiger partial charge in [-0.25, -0.2) is 4.39 Å². The van der Waals surface area contributed by atoms with E-state index >= 15 is 0 Å². The highest BCUT2D eigenvalue weighted by Gasteiger charge is 2.34. The lowest BCUT2D eigenvalue weighted by molar-refractivity contribution is -0.139. The van der Waals surface area contributed by atoms with Crippen LogP contribution in [0.15, 0.2) is 48.5 Å². The molecule has 3 aliphatic heterocycles. The summed E-state index contributed by atoms with van der Waals surface area (Å²) in [6, 6.07) is 14.3.